The normalized spacial score (nSPS) is 17.3. The van der Waals surface area contributed by atoms with Crippen molar-refractivity contribution in [3.8, 4) is 5.75 Å². The lowest BCUT2D eigenvalue weighted by molar-refractivity contribution is 0.135. The van der Waals surface area contributed by atoms with E-state index in [1.54, 1.807) is 12.1 Å². The first-order valence-electron chi connectivity index (χ1n) is 13.2. The second kappa shape index (κ2) is 12.0. The smallest absolute Gasteiger partial charge is 0.416 e. The molecule has 8 heteroatoms. The van der Waals surface area contributed by atoms with Crippen LogP contribution in [-0.2, 0) is 11.2 Å². The summed E-state index contributed by atoms with van der Waals surface area (Å²) in [6.45, 7) is 4.26. The Kier molecular flexibility index (Phi) is 8.50. The molecule has 5 rings (SSSR count). The summed E-state index contributed by atoms with van der Waals surface area (Å²) >= 11 is 9.81. The van der Waals surface area contributed by atoms with E-state index in [9.17, 15) is 4.79 Å². The summed E-state index contributed by atoms with van der Waals surface area (Å²) in [7, 11) is 4.13. The van der Waals surface area contributed by atoms with Crippen molar-refractivity contribution in [2.75, 3.05) is 33.8 Å². The summed E-state index contributed by atoms with van der Waals surface area (Å²) in [6.07, 6.45) is 8.34. The van der Waals surface area contributed by atoms with Gasteiger partial charge in [-0.1, -0.05) is 39.7 Å². The maximum absolute atomic E-state index is 13.6. The Morgan fingerprint density at radius 1 is 1.21 bits per heavy atom. The summed E-state index contributed by atoms with van der Waals surface area (Å²) in [4.78, 5) is 21.2. The molecular weight excluding hydrogens is 578 g/mol. The molecule has 204 valence electrons. The highest BCUT2D eigenvalue weighted by molar-refractivity contribution is 9.10. The molecule has 2 aromatic carbocycles. The second-order valence-electron chi connectivity index (χ2n) is 10.2. The van der Waals surface area contributed by atoms with Gasteiger partial charge in [-0.3, -0.25) is 4.90 Å². The van der Waals surface area contributed by atoms with Crippen LogP contribution < -0.4 is 4.74 Å². The third-order valence-corrected chi connectivity index (χ3v) is 7.89. The Balaban J connectivity index is 1.51. The molecule has 3 aromatic rings. The highest BCUT2D eigenvalue weighted by Crippen LogP contribution is 2.42. The van der Waals surface area contributed by atoms with Crippen LogP contribution in [0.2, 0.25) is 5.02 Å². The Labute approximate surface area is 243 Å². The lowest BCUT2D eigenvalue weighted by atomic mass is 9.90. The third kappa shape index (κ3) is 6.26. The van der Waals surface area contributed by atoms with Gasteiger partial charge in [0.1, 0.15) is 11.8 Å². The van der Waals surface area contributed by atoms with Gasteiger partial charge in [0.25, 0.3) is 0 Å². The van der Waals surface area contributed by atoms with Crippen LogP contribution in [0.1, 0.15) is 37.1 Å². The summed E-state index contributed by atoms with van der Waals surface area (Å²) in [5.41, 5.74) is 5.28. The molecule has 1 aliphatic heterocycles. The van der Waals surface area contributed by atoms with Crippen molar-refractivity contribution in [2.45, 2.75) is 32.2 Å². The van der Waals surface area contributed by atoms with Crippen LogP contribution >= 0.6 is 27.5 Å². The molecular formula is C31H33BrClN3O3. The van der Waals surface area contributed by atoms with E-state index in [1.807, 2.05) is 35.2 Å². The number of allylic oxidation sites excluding steroid dienone is 3. The zero-order valence-electron chi connectivity index (χ0n) is 22.5. The van der Waals surface area contributed by atoms with E-state index < -0.39 is 0 Å². The van der Waals surface area contributed by atoms with Crippen LogP contribution in [0.15, 0.2) is 82.1 Å². The topological polar surface area (TPSA) is 57.8 Å². The minimum Gasteiger partial charge on any atom is -0.498 e. The van der Waals surface area contributed by atoms with Crippen LogP contribution in [0, 0.1) is 0 Å². The summed E-state index contributed by atoms with van der Waals surface area (Å²) in [6, 6.07) is 12.8. The minimum atomic E-state index is -0.383. The van der Waals surface area contributed by atoms with Crippen molar-refractivity contribution < 1.29 is 14.3 Å². The molecule has 0 saturated carbocycles. The van der Waals surface area contributed by atoms with Gasteiger partial charge in [0.2, 0.25) is 0 Å². The summed E-state index contributed by atoms with van der Waals surface area (Å²) in [5.74, 6) is 1.44. The van der Waals surface area contributed by atoms with Gasteiger partial charge in [-0.05, 0) is 99.1 Å². The predicted octanol–water partition coefficient (Wildman–Crippen LogP) is 7.81. The number of fused-ring (bicyclic) bond motifs is 3. The first-order chi connectivity index (χ1) is 18.8. The van der Waals surface area contributed by atoms with Crippen molar-refractivity contribution in [1.82, 2.24) is 14.8 Å². The molecule has 0 bridgehead atoms. The maximum atomic E-state index is 13.6. The van der Waals surface area contributed by atoms with Gasteiger partial charge in [0.15, 0.2) is 0 Å². The van der Waals surface area contributed by atoms with Gasteiger partial charge in [-0.25, -0.2) is 4.79 Å². The van der Waals surface area contributed by atoms with Gasteiger partial charge in [0, 0.05) is 45.6 Å². The highest BCUT2D eigenvalue weighted by Gasteiger charge is 2.37. The van der Waals surface area contributed by atoms with Crippen molar-refractivity contribution in [3.63, 3.8) is 0 Å². The van der Waals surface area contributed by atoms with Crippen molar-refractivity contribution in [3.05, 3.63) is 98.4 Å². The van der Waals surface area contributed by atoms with Gasteiger partial charge in [0.05, 0.1) is 12.4 Å². The molecule has 1 unspecified atom stereocenters. The van der Waals surface area contributed by atoms with Crippen molar-refractivity contribution in [1.29, 1.82) is 0 Å². The van der Waals surface area contributed by atoms with E-state index in [-0.39, 0.29) is 12.1 Å². The number of hydrogen-bond donors (Lipinski definition) is 1. The Morgan fingerprint density at radius 2 is 2.00 bits per heavy atom. The number of hydrogen-bond acceptors (Lipinski definition) is 4. The van der Waals surface area contributed by atoms with Crippen LogP contribution in [0.25, 0.3) is 10.9 Å². The molecule has 2 aliphatic rings. The first kappa shape index (κ1) is 27.6. The average molecular weight is 611 g/mol. The number of aromatic nitrogens is 1. The Hall–Kier alpha value is -3.00. The zero-order chi connectivity index (χ0) is 27.5. The molecule has 1 N–H and O–H groups in total. The maximum Gasteiger partial charge on any atom is 0.416 e. The molecule has 1 amide bonds. The second-order valence-corrected chi connectivity index (χ2v) is 11.6. The standard InChI is InChI=1S/C31H33BrClN3O3/c1-20-18-24(38-17-5-15-35(2)3)6-4-7-25(20)30-29-26(27-19-22(33)10-13-28(27)34-29)14-16-36(30)31(37)39-23-11-8-21(32)9-12-23/h4,7-13,18-19,30,34H,5-6,14-17H2,1-3H3. The van der Waals surface area contributed by atoms with Crippen LogP contribution in [-0.4, -0.2) is 54.7 Å². The third-order valence-electron chi connectivity index (χ3n) is 7.12. The molecule has 1 aliphatic carbocycles. The summed E-state index contributed by atoms with van der Waals surface area (Å²) < 4.78 is 12.9. The van der Waals surface area contributed by atoms with E-state index in [0.717, 1.165) is 50.9 Å². The molecule has 1 aromatic heterocycles. The quantitative estimate of drug-likeness (QED) is 0.277. The molecule has 0 saturated heterocycles. The number of H-pyrrole nitrogens is 1. The number of carbonyl (C=O) groups is 1. The fourth-order valence-electron chi connectivity index (χ4n) is 5.25. The summed E-state index contributed by atoms with van der Waals surface area (Å²) in [5, 5.41) is 1.79. The molecule has 39 heavy (non-hydrogen) atoms. The monoisotopic (exact) mass is 609 g/mol. The number of rotatable bonds is 7. The van der Waals surface area contributed by atoms with E-state index >= 15 is 0 Å². The van der Waals surface area contributed by atoms with Crippen molar-refractivity contribution in [2.24, 2.45) is 0 Å². The minimum absolute atomic E-state index is 0.344. The number of nitrogens with zero attached hydrogens (tertiary/aromatic N) is 2. The lowest BCUT2D eigenvalue weighted by Crippen LogP contribution is -2.42. The predicted molar refractivity (Wildman–Crippen MR) is 160 cm³/mol. The highest BCUT2D eigenvalue weighted by atomic mass is 79.9. The lowest BCUT2D eigenvalue weighted by Gasteiger charge is -2.36. The average Bonchev–Trinajstić information content (AvgIpc) is 3.16. The molecule has 0 radical (unpaired) electrons. The number of benzene rings is 2. The molecule has 6 nitrogen and oxygen atoms in total. The zero-order valence-corrected chi connectivity index (χ0v) is 24.8. The molecule has 1 atom stereocenters. The van der Waals surface area contributed by atoms with Gasteiger partial charge in [-0.2, -0.15) is 0 Å². The number of halogens is 2. The fourth-order valence-corrected chi connectivity index (χ4v) is 5.69. The molecule has 0 spiro atoms. The van der Waals surface area contributed by atoms with Crippen molar-refractivity contribution >= 4 is 44.5 Å². The fraction of sp³-hybridized carbons (Fsp3) is 0.323. The number of aromatic amines is 1. The van der Waals surface area contributed by atoms with E-state index in [2.05, 4.69) is 65.1 Å². The Bertz CT molecular complexity index is 1460. The number of ether oxygens (including phenoxy) is 2. The molecule has 2 heterocycles. The first-order valence-corrected chi connectivity index (χ1v) is 14.4. The number of carbonyl (C=O) groups excluding carboxylic acids is 1. The van der Waals surface area contributed by atoms with E-state index in [1.165, 1.54) is 5.56 Å². The van der Waals surface area contributed by atoms with Gasteiger partial charge in [-0.15, -0.1) is 0 Å². The number of nitrogens with one attached hydrogen (secondary N) is 1. The SMILES string of the molecule is CC1=C(C2c3[nH]c4ccc(Cl)cc4c3CCN2C(=O)Oc2ccc(Br)cc2)C=CCC(OCCCN(C)C)=C1. The van der Waals surface area contributed by atoms with E-state index in [0.29, 0.717) is 36.8 Å². The van der Waals surface area contributed by atoms with Gasteiger partial charge >= 0.3 is 6.09 Å². The van der Waals surface area contributed by atoms with E-state index in [4.69, 9.17) is 21.1 Å². The van der Waals surface area contributed by atoms with Crippen LogP contribution in [0.3, 0.4) is 0 Å². The van der Waals surface area contributed by atoms with Crippen LogP contribution in [0.5, 0.6) is 5.75 Å². The largest absolute Gasteiger partial charge is 0.498 e. The van der Waals surface area contributed by atoms with Gasteiger partial charge < -0.3 is 19.4 Å². The van der Waals surface area contributed by atoms with Crippen LogP contribution in [0.4, 0.5) is 4.79 Å². The Morgan fingerprint density at radius 3 is 2.77 bits per heavy atom. The molecule has 0 fully saturated rings. The number of amides is 1.